The Bertz CT molecular complexity index is 2850. The Labute approximate surface area is 421 Å². The second-order valence-corrected chi connectivity index (χ2v) is 17.1. The third-order valence-electron chi connectivity index (χ3n) is 11.4. The fourth-order valence-electron chi connectivity index (χ4n) is 7.63. The molecule has 9 nitrogen and oxygen atoms in total. The molecular weight excluding hydrogens is 895 g/mol. The molecule has 1 aromatic heterocycles. The average molecular weight is 950 g/mol. The third kappa shape index (κ3) is 14.5. The summed E-state index contributed by atoms with van der Waals surface area (Å²) in [5, 5.41) is 0. The second kappa shape index (κ2) is 24.6. The van der Waals surface area contributed by atoms with Crippen molar-refractivity contribution in [3.63, 3.8) is 0 Å². The van der Waals surface area contributed by atoms with Gasteiger partial charge in [-0.25, -0.2) is 4.98 Å². The van der Waals surface area contributed by atoms with Crippen LogP contribution in [0, 0.1) is 0 Å². The van der Waals surface area contributed by atoms with E-state index in [4.69, 9.17) is 43.4 Å². The summed E-state index contributed by atoms with van der Waals surface area (Å²) in [6.07, 6.45) is 0. The minimum Gasteiger partial charge on any atom is -0.489 e. The van der Waals surface area contributed by atoms with Gasteiger partial charge in [-0.2, -0.15) is 0 Å². The second-order valence-electron chi connectivity index (χ2n) is 17.1. The van der Waals surface area contributed by atoms with Crippen molar-refractivity contribution >= 4 is 22.8 Å². The fourth-order valence-corrected chi connectivity index (χ4v) is 7.63. The fraction of sp³-hybridized carbons (Fsp3) is 0.127. The first-order chi connectivity index (χ1) is 35.4. The zero-order valence-corrected chi connectivity index (χ0v) is 40.4. The van der Waals surface area contributed by atoms with E-state index in [1.807, 2.05) is 238 Å². The Morgan fingerprint density at radius 1 is 0.292 bits per heavy atom. The van der Waals surface area contributed by atoms with Crippen LogP contribution < -0.4 is 28.4 Å². The predicted octanol–water partition coefficient (Wildman–Crippen LogP) is 14.8. The van der Waals surface area contributed by atoms with Gasteiger partial charge in [0.15, 0.2) is 0 Å². The molecule has 0 fully saturated rings. The number of pyridine rings is 1. The van der Waals surface area contributed by atoms with E-state index in [-0.39, 0.29) is 0 Å². The minimum absolute atomic E-state index is 0.329. The maximum absolute atomic E-state index is 6.25. The van der Waals surface area contributed by atoms with Crippen LogP contribution in [-0.4, -0.2) is 16.4 Å². The van der Waals surface area contributed by atoms with Crippen molar-refractivity contribution < 1.29 is 28.4 Å². The van der Waals surface area contributed by atoms with E-state index in [9.17, 15) is 0 Å². The van der Waals surface area contributed by atoms with E-state index in [1.54, 1.807) is 0 Å². The zero-order chi connectivity index (χ0) is 49.2. The van der Waals surface area contributed by atoms with E-state index in [0.29, 0.717) is 62.6 Å². The van der Waals surface area contributed by atoms with Gasteiger partial charge in [0.25, 0.3) is 0 Å². The van der Waals surface area contributed by atoms with Crippen LogP contribution in [0.3, 0.4) is 0 Å². The van der Waals surface area contributed by atoms with Crippen LogP contribution >= 0.6 is 0 Å². The molecule has 0 aliphatic rings. The molecule has 0 radical (unpaired) electrons. The maximum Gasteiger partial charge on any atom is 0.123 e. The number of nitrogens with zero attached hydrogens (tertiary/aromatic N) is 3. The molecule has 0 spiro atoms. The highest BCUT2D eigenvalue weighted by Gasteiger charge is 2.10. The van der Waals surface area contributed by atoms with Gasteiger partial charge in [-0.3, -0.25) is 9.98 Å². The van der Waals surface area contributed by atoms with Crippen LogP contribution in [0.1, 0.15) is 58.6 Å². The molecule has 9 heteroatoms. The summed E-state index contributed by atoms with van der Waals surface area (Å²) in [6.45, 7) is 6.36. The molecule has 8 aromatic carbocycles. The summed E-state index contributed by atoms with van der Waals surface area (Å²) in [6, 6.07) is 73.5. The van der Waals surface area contributed by atoms with Crippen LogP contribution in [0.4, 0.5) is 11.4 Å². The van der Waals surface area contributed by atoms with Gasteiger partial charge in [-0.1, -0.05) is 127 Å². The van der Waals surface area contributed by atoms with Gasteiger partial charge in [0, 0.05) is 12.1 Å². The lowest BCUT2D eigenvalue weighted by Gasteiger charge is -2.14. The molecule has 0 aliphatic heterocycles. The van der Waals surface area contributed by atoms with Crippen molar-refractivity contribution in [1.29, 1.82) is 0 Å². The monoisotopic (exact) mass is 949 g/mol. The Morgan fingerprint density at radius 3 is 0.875 bits per heavy atom. The van der Waals surface area contributed by atoms with E-state index in [0.717, 1.165) is 79.1 Å². The molecule has 0 unspecified atom stereocenters. The summed E-state index contributed by atoms with van der Waals surface area (Å²) < 4.78 is 37.3. The molecule has 0 atom stereocenters. The van der Waals surface area contributed by atoms with Gasteiger partial charge < -0.3 is 28.4 Å². The first kappa shape index (κ1) is 48.1. The Hall–Kier alpha value is -8.95. The largest absolute Gasteiger partial charge is 0.489 e. The molecule has 0 aliphatic carbocycles. The third-order valence-corrected chi connectivity index (χ3v) is 11.4. The highest BCUT2D eigenvalue weighted by Crippen LogP contribution is 2.29. The molecule has 1 heterocycles. The van der Waals surface area contributed by atoms with E-state index in [2.05, 4.69) is 0 Å². The van der Waals surface area contributed by atoms with Gasteiger partial charge in [0.1, 0.15) is 74.1 Å². The first-order valence-corrected chi connectivity index (χ1v) is 23.9. The highest BCUT2D eigenvalue weighted by atomic mass is 16.5. The Kier molecular flexibility index (Phi) is 16.4. The summed E-state index contributed by atoms with van der Waals surface area (Å²) in [5.41, 5.74) is 10.8. The van der Waals surface area contributed by atoms with Crippen molar-refractivity contribution in [2.75, 3.05) is 0 Å². The first-order valence-electron chi connectivity index (χ1n) is 23.9. The quantitative estimate of drug-likeness (QED) is 0.0625. The van der Waals surface area contributed by atoms with Crippen molar-refractivity contribution in [1.82, 2.24) is 4.98 Å². The number of rotatable bonds is 22. The maximum atomic E-state index is 6.25. The summed E-state index contributed by atoms with van der Waals surface area (Å²) >= 11 is 0. The van der Waals surface area contributed by atoms with Crippen LogP contribution in [0.25, 0.3) is 0 Å². The number of aliphatic imine (C=N–C) groups is 2. The van der Waals surface area contributed by atoms with Crippen LogP contribution in [0.15, 0.2) is 234 Å². The summed E-state index contributed by atoms with van der Waals surface area (Å²) in [7, 11) is 0. The number of benzene rings is 8. The number of ether oxygens (including phenoxy) is 6. The molecule has 358 valence electrons. The van der Waals surface area contributed by atoms with Gasteiger partial charge in [0.05, 0.1) is 34.2 Å². The zero-order valence-electron chi connectivity index (χ0n) is 40.4. The topological polar surface area (TPSA) is 93.0 Å². The highest BCUT2D eigenvalue weighted by molar-refractivity contribution is 6.02. The summed E-state index contributed by atoms with van der Waals surface area (Å²) in [4.78, 5) is 14.7. The lowest BCUT2D eigenvalue weighted by molar-refractivity contribution is 0.281. The number of hydrogen-bond donors (Lipinski definition) is 0. The molecule has 0 saturated carbocycles. The molecule has 0 N–H and O–H groups in total. The smallest absolute Gasteiger partial charge is 0.123 e. The Balaban J connectivity index is 0.800. The average Bonchev–Trinajstić information content (AvgIpc) is 3.43. The van der Waals surface area contributed by atoms with Gasteiger partial charge >= 0.3 is 0 Å². The minimum atomic E-state index is 0.329. The molecule has 72 heavy (non-hydrogen) atoms. The van der Waals surface area contributed by atoms with Crippen molar-refractivity contribution in [3.05, 3.63) is 269 Å². The van der Waals surface area contributed by atoms with E-state index in [1.165, 1.54) is 0 Å². The van der Waals surface area contributed by atoms with Crippen LogP contribution in [0.2, 0.25) is 0 Å². The molecule has 0 saturated heterocycles. The van der Waals surface area contributed by atoms with Crippen LogP contribution in [-0.2, 0) is 39.6 Å². The SMILES string of the molecule is CC(=Nc1ccc(OCc2cc(OCc3ccccc3)cc(OCc3ccccc3)c2)cc1)c1cccc(C(C)=Nc2ccc(OCc3cc(OCc4ccccc4)cc(OCc4ccccc4)c3)cc2)n1. The van der Waals surface area contributed by atoms with Crippen molar-refractivity contribution in [2.24, 2.45) is 9.98 Å². The van der Waals surface area contributed by atoms with Gasteiger partial charge in [0.2, 0.25) is 0 Å². The molecule has 9 rings (SSSR count). The number of aromatic nitrogens is 1. The van der Waals surface area contributed by atoms with Gasteiger partial charge in [-0.15, -0.1) is 0 Å². The molecule has 9 aromatic rings. The molecule has 0 amide bonds. The standard InChI is InChI=1S/C63H55N3O6/c1-46(64-54-26-30-56(31-27-54)67-44-52-34-58(69-40-48-16-7-3-8-17-48)38-59(35-52)70-41-49-18-9-4-10-19-49)62-24-15-25-63(66-62)47(2)65-55-28-32-57(33-29-55)68-45-53-36-60(71-42-50-20-11-5-12-21-50)39-61(37-53)72-43-51-22-13-6-14-23-51/h3-39H,40-45H2,1-2H3. The van der Waals surface area contributed by atoms with Crippen molar-refractivity contribution in [2.45, 2.75) is 53.5 Å². The predicted molar refractivity (Wildman–Crippen MR) is 286 cm³/mol. The molecular formula is C63H55N3O6. The Morgan fingerprint density at radius 2 is 0.569 bits per heavy atom. The number of hydrogen-bond acceptors (Lipinski definition) is 9. The lowest BCUT2D eigenvalue weighted by Crippen LogP contribution is -2.05. The molecule has 0 bridgehead atoms. The van der Waals surface area contributed by atoms with Gasteiger partial charge in [-0.05, 0) is 132 Å². The van der Waals surface area contributed by atoms with E-state index >= 15 is 0 Å². The lowest BCUT2D eigenvalue weighted by atomic mass is 10.2. The van der Waals surface area contributed by atoms with Crippen molar-refractivity contribution in [3.8, 4) is 34.5 Å². The van der Waals surface area contributed by atoms with E-state index < -0.39 is 0 Å². The van der Waals surface area contributed by atoms with Crippen LogP contribution in [0.5, 0.6) is 34.5 Å². The normalized spacial score (nSPS) is 11.4. The summed E-state index contributed by atoms with van der Waals surface area (Å²) in [5.74, 6) is 4.28.